The van der Waals surface area contributed by atoms with Gasteiger partial charge in [0, 0.05) is 11.1 Å². The van der Waals surface area contributed by atoms with Crippen LogP contribution in [0.25, 0.3) is 0 Å². The summed E-state index contributed by atoms with van der Waals surface area (Å²) >= 11 is 9.26. The lowest BCUT2D eigenvalue weighted by atomic mass is 10.2. The zero-order valence-electron chi connectivity index (χ0n) is 10.9. The number of hydrogen-bond donors (Lipinski definition) is 1. The van der Waals surface area contributed by atoms with E-state index < -0.39 is 0 Å². The third-order valence-electron chi connectivity index (χ3n) is 2.68. The van der Waals surface area contributed by atoms with Crippen LogP contribution < -0.4 is 10.1 Å². The van der Waals surface area contributed by atoms with Crippen molar-refractivity contribution in [3.63, 3.8) is 0 Å². The van der Waals surface area contributed by atoms with Crippen molar-refractivity contribution in [3.8, 4) is 5.75 Å². The van der Waals surface area contributed by atoms with Crippen LogP contribution in [0.3, 0.4) is 0 Å². The number of rotatable bonds is 3. The Kier molecular flexibility index (Phi) is 4.62. The van der Waals surface area contributed by atoms with Gasteiger partial charge in [0.2, 0.25) is 0 Å². The van der Waals surface area contributed by atoms with Gasteiger partial charge in [0.1, 0.15) is 16.0 Å². The number of aryl methyl sites for hydroxylation is 1. The summed E-state index contributed by atoms with van der Waals surface area (Å²) in [6.07, 6.45) is 0. The Balaban J connectivity index is 2.30. The first-order valence-corrected chi connectivity index (χ1v) is 6.96. The van der Waals surface area contributed by atoms with Gasteiger partial charge in [-0.1, -0.05) is 17.7 Å². The smallest absolute Gasteiger partial charge is 0.274 e. The number of methoxy groups -OCH3 is 1. The zero-order valence-corrected chi connectivity index (χ0v) is 13.2. The molecule has 20 heavy (non-hydrogen) atoms. The Hall–Kier alpha value is -1.59. The van der Waals surface area contributed by atoms with Crippen molar-refractivity contribution < 1.29 is 9.53 Å². The van der Waals surface area contributed by atoms with Crippen molar-refractivity contribution in [1.29, 1.82) is 0 Å². The summed E-state index contributed by atoms with van der Waals surface area (Å²) in [5.41, 5.74) is 1.72. The van der Waals surface area contributed by atoms with E-state index in [1.54, 1.807) is 30.3 Å². The Bertz CT molecular complexity index is 662. The molecule has 0 aliphatic carbocycles. The SMILES string of the molecule is COc1cc(Cl)c(C)cc1NC(=O)c1cccc(Br)n1. The second-order valence-electron chi connectivity index (χ2n) is 4.10. The van der Waals surface area contributed by atoms with E-state index in [0.717, 1.165) is 5.56 Å². The van der Waals surface area contributed by atoms with Crippen molar-refractivity contribution >= 4 is 39.1 Å². The Morgan fingerprint density at radius 3 is 2.80 bits per heavy atom. The van der Waals surface area contributed by atoms with Gasteiger partial charge in [0.15, 0.2) is 0 Å². The molecule has 0 saturated carbocycles. The molecule has 1 amide bonds. The number of nitrogens with one attached hydrogen (secondary N) is 1. The molecule has 1 aromatic carbocycles. The summed E-state index contributed by atoms with van der Waals surface area (Å²) in [5.74, 6) is 0.190. The molecule has 0 bridgehead atoms. The number of pyridine rings is 1. The molecule has 0 fully saturated rings. The number of amides is 1. The molecule has 0 spiro atoms. The first-order valence-electron chi connectivity index (χ1n) is 5.79. The summed E-state index contributed by atoms with van der Waals surface area (Å²) in [5, 5.41) is 3.35. The molecule has 0 aliphatic rings. The van der Waals surface area contributed by atoms with Gasteiger partial charge < -0.3 is 10.1 Å². The molecule has 4 nitrogen and oxygen atoms in total. The third kappa shape index (κ3) is 3.29. The third-order valence-corrected chi connectivity index (χ3v) is 3.53. The van der Waals surface area contributed by atoms with E-state index in [9.17, 15) is 4.79 Å². The minimum absolute atomic E-state index is 0.314. The van der Waals surface area contributed by atoms with Crippen LogP contribution in [0.1, 0.15) is 16.1 Å². The number of halogens is 2. The molecular weight excluding hydrogens is 344 g/mol. The van der Waals surface area contributed by atoms with Crippen LogP contribution in [0.15, 0.2) is 34.9 Å². The lowest BCUT2D eigenvalue weighted by molar-refractivity contribution is 0.102. The van der Waals surface area contributed by atoms with Crippen molar-refractivity contribution in [2.75, 3.05) is 12.4 Å². The van der Waals surface area contributed by atoms with E-state index in [0.29, 0.717) is 26.8 Å². The van der Waals surface area contributed by atoms with Gasteiger partial charge in [-0.15, -0.1) is 0 Å². The lowest BCUT2D eigenvalue weighted by Crippen LogP contribution is -2.14. The molecule has 2 rings (SSSR count). The molecule has 0 saturated heterocycles. The fourth-order valence-corrected chi connectivity index (χ4v) is 2.15. The molecular formula is C14H12BrClN2O2. The largest absolute Gasteiger partial charge is 0.495 e. The van der Waals surface area contributed by atoms with Crippen LogP contribution in [-0.2, 0) is 0 Å². The average molecular weight is 356 g/mol. The molecule has 2 aromatic rings. The van der Waals surface area contributed by atoms with Gasteiger partial charge in [-0.2, -0.15) is 0 Å². The van der Waals surface area contributed by atoms with Crippen LogP contribution in [0.5, 0.6) is 5.75 Å². The van der Waals surface area contributed by atoms with E-state index in [1.807, 2.05) is 6.92 Å². The van der Waals surface area contributed by atoms with Crippen LogP contribution >= 0.6 is 27.5 Å². The van der Waals surface area contributed by atoms with Crippen molar-refractivity contribution in [3.05, 3.63) is 51.2 Å². The fraction of sp³-hybridized carbons (Fsp3) is 0.143. The number of nitrogens with zero attached hydrogens (tertiary/aromatic N) is 1. The van der Waals surface area contributed by atoms with Crippen LogP contribution in [0.2, 0.25) is 5.02 Å². The predicted octanol–water partition coefficient (Wildman–Crippen LogP) is 4.07. The summed E-state index contributed by atoms with van der Waals surface area (Å²) in [6, 6.07) is 8.56. The van der Waals surface area contributed by atoms with Crippen LogP contribution in [-0.4, -0.2) is 18.0 Å². The minimum Gasteiger partial charge on any atom is -0.495 e. The Morgan fingerprint density at radius 1 is 1.40 bits per heavy atom. The molecule has 6 heteroatoms. The molecule has 1 aromatic heterocycles. The predicted molar refractivity (Wildman–Crippen MR) is 82.6 cm³/mol. The van der Waals surface area contributed by atoms with E-state index in [1.165, 1.54) is 7.11 Å². The highest BCUT2D eigenvalue weighted by Crippen LogP contribution is 2.31. The van der Waals surface area contributed by atoms with Crippen LogP contribution in [0.4, 0.5) is 5.69 Å². The maximum Gasteiger partial charge on any atom is 0.274 e. The number of aromatic nitrogens is 1. The monoisotopic (exact) mass is 354 g/mol. The first-order chi connectivity index (χ1) is 9.51. The lowest BCUT2D eigenvalue weighted by Gasteiger charge is -2.12. The number of carbonyl (C=O) groups is 1. The normalized spacial score (nSPS) is 10.2. The maximum absolute atomic E-state index is 12.1. The number of ether oxygens (including phenoxy) is 1. The van der Waals surface area contributed by atoms with E-state index in [-0.39, 0.29) is 5.91 Å². The molecule has 0 atom stereocenters. The molecule has 1 heterocycles. The quantitative estimate of drug-likeness (QED) is 0.845. The van der Waals surface area contributed by atoms with Gasteiger partial charge in [0.05, 0.1) is 12.8 Å². The van der Waals surface area contributed by atoms with Gasteiger partial charge in [-0.3, -0.25) is 4.79 Å². The number of anilines is 1. The fourth-order valence-electron chi connectivity index (χ4n) is 1.65. The minimum atomic E-state index is -0.314. The molecule has 0 aliphatic heterocycles. The highest BCUT2D eigenvalue weighted by atomic mass is 79.9. The van der Waals surface area contributed by atoms with Gasteiger partial charge in [-0.25, -0.2) is 4.98 Å². The second kappa shape index (κ2) is 6.24. The standard InChI is InChI=1S/C14H12BrClN2O2/c1-8-6-11(12(20-2)7-9(8)16)18-14(19)10-4-3-5-13(15)17-10/h3-7H,1-2H3,(H,18,19). The van der Waals surface area contributed by atoms with E-state index in [2.05, 4.69) is 26.2 Å². The molecule has 1 N–H and O–H groups in total. The zero-order chi connectivity index (χ0) is 14.7. The summed E-state index contributed by atoms with van der Waals surface area (Å²) in [6.45, 7) is 1.86. The topological polar surface area (TPSA) is 51.2 Å². The summed E-state index contributed by atoms with van der Waals surface area (Å²) < 4.78 is 5.81. The van der Waals surface area contributed by atoms with Gasteiger partial charge in [-0.05, 0) is 46.6 Å². The number of hydrogen-bond acceptors (Lipinski definition) is 3. The van der Waals surface area contributed by atoms with E-state index >= 15 is 0 Å². The first kappa shape index (κ1) is 14.8. The van der Waals surface area contributed by atoms with Crippen LogP contribution in [0, 0.1) is 6.92 Å². The molecule has 0 unspecified atom stereocenters. The van der Waals surface area contributed by atoms with Gasteiger partial charge in [0.25, 0.3) is 5.91 Å². The molecule has 0 radical (unpaired) electrons. The average Bonchev–Trinajstić information content (AvgIpc) is 2.42. The van der Waals surface area contributed by atoms with Crippen molar-refractivity contribution in [2.24, 2.45) is 0 Å². The van der Waals surface area contributed by atoms with E-state index in [4.69, 9.17) is 16.3 Å². The van der Waals surface area contributed by atoms with Crippen molar-refractivity contribution in [1.82, 2.24) is 4.98 Å². The Morgan fingerprint density at radius 2 is 2.15 bits per heavy atom. The number of carbonyl (C=O) groups excluding carboxylic acids is 1. The summed E-state index contributed by atoms with van der Waals surface area (Å²) in [7, 11) is 1.52. The van der Waals surface area contributed by atoms with Gasteiger partial charge >= 0.3 is 0 Å². The highest BCUT2D eigenvalue weighted by Gasteiger charge is 2.13. The Labute approximate surface area is 130 Å². The molecule has 104 valence electrons. The number of benzene rings is 1. The van der Waals surface area contributed by atoms with Crippen molar-refractivity contribution in [2.45, 2.75) is 6.92 Å². The summed E-state index contributed by atoms with van der Waals surface area (Å²) in [4.78, 5) is 16.3. The maximum atomic E-state index is 12.1. The second-order valence-corrected chi connectivity index (χ2v) is 5.32. The highest BCUT2D eigenvalue weighted by molar-refractivity contribution is 9.10.